The quantitative estimate of drug-likeness (QED) is 0.679. The lowest BCUT2D eigenvalue weighted by Gasteiger charge is -2.13. The zero-order valence-electron chi connectivity index (χ0n) is 8.43. The Hall–Kier alpha value is -0.0800. The summed E-state index contributed by atoms with van der Waals surface area (Å²) in [6.45, 7) is 12.4. The van der Waals surface area contributed by atoms with Crippen LogP contribution in [-0.4, -0.2) is 36.2 Å². The summed E-state index contributed by atoms with van der Waals surface area (Å²) in [7, 11) is 0. The molecule has 0 amide bonds. The smallest absolute Gasteiger partial charge is 0.0428 e. The van der Waals surface area contributed by atoms with Gasteiger partial charge in [-0.3, -0.25) is 0 Å². The fraction of sp³-hybridized carbons (Fsp3) is 1.00. The van der Waals surface area contributed by atoms with Crippen molar-refractivity contribution in [3.63, 3.8) is 0 Å². The highest BCUT2D eigenvalue weighted by molar-refractivity contribution is 4.43. The Morgan fingerprint density at radius 3 is 1.18 bits per heavy atom. The molecule has 0 atom stereocenters. The van der Waals surface area contributed by atoms with E-state index in [1.165, 1.54) is 19.6 Å². The van der Waals surface area contributed by atoms with Crippen molar-refractivity contribution in [2.75, 3.05) is 26.2 Å². The van der Waals surface area contributed by atoms with Crippen LogP contribution in [0, 0.1) is 0 Å². The second kappa shape index (κ2) is 12.6. The van der Waals surface area contributed by atoms with Crippen molar-refractivity contribution in [3.8, 4) is 0 Å². The predicted molar refractivity (Wildman–Crippen MR) is 50.8 cm³/mol. The third-order valence-electron chi connectivity index (χ3n) is 1.57. The Kier molecular flexibility index (Phi) is 15.4. The maximum absolute atomic E-state index is 7.88. The number of aliphatic hydroxyl groups is 1. The van der Waals surface area contributed by atoms with Crippen LogP contribution >= 0.6 is 0 Å². The van der Waals surface area contributed by atoms with E-state index in [0.29, 0.717) is 6.61 Å². The molecule has 11 heavy (non-hydrogen) atoms. The molecule has 0 radical (unpaired) electrons. The minimum atomic E-state index is 0.319. The van der Waals surface area contributed by atoms with Crippen LogP contribution < -0.4 is 0 Å². The van der Waals surface area contributed by atoms with E-state index in [1.54, 1.807) is 0 Å². The van der Waals surface area contributed by atoms with Gasteiger partial charge in [-0.25, -0.2) is 0 Å². The highest BCUT2D eigenvalue weighted by Gasteiger charge is 1.89. The van der Waals surface area contributed by atoms with E-state index in [2.05, 4.69) is 25.7 Å². The third-order valence-corrected chi connectivity index (χ3v) is 1.57. The van der Waals surface area contributed by atoms with Gasteiger partial charge in [0.25, 0.3) is 0 Å². The molecule has 2 nitrogen and oxygen atoms in total. The van der Waals surface area contributed by atoms with Crippen LogP contribution in [0.1, 0.15) is 34.1 Å². The average Bonchev–Trinajstić information content (AvgIpc) is 2.08. The van der Waals surface area contributed by atoms with Crippen LogP contribution in [0.4, 0.5) is 0 Å². The third kappa shape index (κ3) is 13.0. The lowest BCUT2D eigenvalue weighted by atomic mass is 10.5. The number of nitrogens with zero attached hydrogens (tertiary/aromatic N) is 1. The van der Waals surface area contributed by atoms with Gasteiger partial charge in [0.05, 0.1) is 0 Å². The van der Waals surface area contributed by atoms with Gasteiger partial charge in [-0.1, -0.05) is 27.7 Å². The number of aliphatic hydroxyl groups excluding tert-OH is 1. The Morgan fingerprint density at radius 2 is 1.18 bits per heavy atom. The van der Waals surface area contributed by atoms with Crippen molar-refractivity contribution in [3.05, 3.63) is 0 Å². The Balaban J connectivity index is 0. The fourth-order valence-electron chi connectivity index (χ4n) is 0.671. The lowest BCUT2D eigenvalue weighted by Crippen LogP contribution is -2.21. The Labute approximate surface area is 71.2 Å². The van der Waals surface area contributed by atoms with Crippen LogP contribution in [-0.2, 0) is 0 Å². The average molecular weight is 161 g/mol. The molecule has 0 saturated heterocycles. The molecular formula is C9H23NO. The Bertz CT molecular complexity index is 46.0. The van der Waals surface area contributed by atoms with Gasteiger partial charge in [-0.15, -0.1) is 0 Å². The second-order valence-electron chi connectivity index (χ2n) is 2.34. The minimum Gasteiger partial charge on any atom is -0.396 e. The van der Waals surface area contributed by atoms with Crippen LogP contribution in [0.2, 0.25) is 0 Å². The summed E-state index contributed by atoms with van der Waals surface area (Å²) in [6.07, 6.45) is 0.875. The summed E-state index contributed by atoms with van der Waals surface area (Å²) in [5, 5.41) is 7.88. The van der Waals surface area contributed by atoms with Gasteiger partial charge < -0.3 is 10.0 Å². The number of hydrogen-bond acceptors (Lipinski definition) is 2. The molecule has 0 aliphatic carbocycles. The summed E-state index contributed by atoms with van der Waals surface area (Å²) in [5.74, 6) is 0. The SMILES string of the molecule is CCCO.CCN(CC)CC. The maximum Gasteiger partial charge on any atom is 0.0428 e. The highest BCUT2D eigenvalue weighted by atomic mass is 16.2. The molecule has 0 aliphatic heterocycles. The van der Waals surface area contributed by atoms with E-state index in [4.69, 9.17) is 5.11 Å². The maximum atomic E-state index is 7.88. The molecule has 0 heterocycles. The molecule has 2 heteroatoms. The molecule has 70 valence electrons. The first kappa shape index (κ1) is 13.5. The van der Waals surface area contributed by atoms with Crippen LogP contribution in [0.25, 0.3) is 0 Å². The normalized spacial score (nSPS) is 9.27. The van der Waals surface area contributed by atoms with Crippen molar-refractivity contribution in [2.24, 2.45) is 0 Å². The van der Waals surface area contributed by atoms with E-state index in [1.807, 2.05) is 6.92 Å². The van der Waals surface area contributed by atoms with Crippen LogP contribution in [0.5, 0.6) is 0 Å². The van der Waals surface area contributed by atoms with Crippen molar-refractivity contribution < 1.29 is 5.11 Å². The van der Waals surface area contributed by atoms with E-state index in [0.717, 1.165) is 6.42 Å². The zero-order valence-corrected chi connectivity index (χ0v) is 8.43. The molecule has 0 rings (SSSR count). The first-order valence-electron chi connectivity index (χ1n) is 4.59. The van der Waals surface area contributed by atoms with Gasteiger partial charge in [0, 0.05) is 6.61 Å². The molecule has 0 aromatic carbocycles. The first-order valence-corrected chi connectivity index (χ1v) is 4.59. The lowest BCUT2D eigenvalue weighted by molar-refractivity contribution is 0.295. The largest absolute Gasteiger partial charge is 0.396 e. The van der Waals surface area contributed by atoms with E-state index in [-0.39, 0.29) is 0 Å². The van der Waals surface area contributed by atoms with Gasteiger partial charge in [0.15, 0.2) is 0 Å². The molecule has 0 aliphatic rings. The fourth-order valence-corrected chi connectivity index (χ4v) is 0.671. The van der Waals surface area contributed by atoms with E-state index >= 15 is 0 Å². The van der Waals surface area contributed by atoms with Crippen LogP contribution in [0.15, 0.2) is 0 Å². The van der Waals surface area contributed by atoms with Gasteiger partial charge >= 0.3 is 0 Å². The Morgan fingerprint density at radius 1 is 0.909 bits per heavy atom. The monoisotopic (exact) mass is 161 g/mol. The highest BCUT2D eigenvalue weighted by Crippen LogP contribution is 1.81. The van der Waals surface area contributed by atoms with Crippen LogP contribution in [0.3, 0.4) is 0 Å². The molecular weight excluding hydrogens is 138 g/mol. The molecule has 0 fully saturated rings. The molecule has 0 bridgehead atoms. The summed E-state index contributed by atoms with van der Waals surface area (Å²) < 4.78 is 0. The van der Waals surface area contributed by atoms with Crippen molar-refractivity contribution >= 4 is 0 Å². The summed E-state index contributed by atoms with van der Waals surface area (Å²) in [5.41, 5.74) is 0. The second-order valence-corrected chi connectivity index (χ2v) is 2.34. The molecule has 0 aromatic rings. The van der Waals surface area contributed by atoms with E-state index < -0.39 is 0 Å². The topological polar surface area (TPSA) is 23.5 Å². The molecule has 0 spiro atoms. The van der Waals surface area contributed by atoms with Gasteiger partial charge in [-0.05, 0) is 26.1 Å². The van der Waals surface area contributed by atoms with Gasteiger partial charge in [0.2, 0.25) is 0 Å². The van der Waals surface area contributed by atoms with Gasteiger partial charge in [-0.2, -0.15) is 0 Å². The standard InChI is InChI=1S/C6H15N.C3H8O/c1-4-7(5-2)6-3;1-2-3-4/h4-6H2,1-3H3;4H,2-3H2,1H3. The van der Waals surface area contributed by atoms with Crippen molar-refractivity contribution in [2.45, 2.75) is 34.1 Å². The molecule has 0 saturated carbocycles. The van der Waals surface area contributed by atoms with Crippen molar-refractivity contribution in [1.29, 1.82) is 0 Å². The van der Waals surface area contributed by atoms with Crippen molar-refractivity contribution in [1.82, 2.24) is 4.90 Å². The zero-order chi connectivity index (χ0) is 9.11. The van der Waals surface area contributed by atoms with Gasteiger partial charge in [0.1, 0.15) is 0 Å². The summed E-state index contributed by atoms with van der Waals surface area (Å²) in [4.78, 5) is 2.38. The predicted octanol–water partition coefficient (Wildman–Crippen LogP) is 1.74. The van der Waals surface area contributed by atoms with E-state index in [9.17, 15) is 0 Å². The number of rotatable bonds is 4. The first-order chi connectivity index (χ1) is 5.26. The summed E-state index contributed by atoms with van der Waals surface area (Å²) >= 11 is 0. The molecule has 0 unspecified atom stereocenters. The molecule has 0 aromatic heterocycles. The molecule has 1 N–H and O–H groups in total. The minimum absolute atomic E-state index is 0.319. The summed E-state index contributed by atoms with van der Waals surface area (Å²) in [6, 6.07) is 0. The number of hydrogen-bond donors (Lipinski definition) is 1.